The molecular weight excluding hydrogens is 502 g/mol. The average Bonchev–Trinajstić information content (AvgIpc) is 3.38. The number of benzene rings is 1. The lowest BCUT2D eigenvalue weighted by molar-refractivity contribution is 0.0741. The van der Waals surface area contributed by atoms with Crippen molar-refractivity contribution in [2.45, 2.75) is 13.0 Å². The summed E-state index contributed by atoms with van der Waals surface area (Å²) in [5.41, 5.74) is 8.79. The molecule has 1 atom stereocenters. The highest BCUT2D eigenvalue weighted by atomic mass is 35.5. The van der Waals surface area contributed by atoms with Crippen LogP contribution in [0, 0.1) is 0 Å². The number of aromatic amines is 1. The van der Waals surface area contributed by atoms with Gasteiger partial charge >= 0.3 is 0 Å². The second-order valence-electron chi connectivity index (χ2n) is 8.91. The van der Waals surface area contributed by atoms with Crippen LogP contribution in [0.1, 0.15) is 29.0 Å². The predicted molar refractivity (Wildman–Crippen MR) is 150 cm³/mol. The molecule has 10 nitrogen and oxygen atoms in total. The van der Waals surface area contributed by atoms with Crippen LogP contribution in [0.4, 0.5) is 5.69 Å². The summed E-state index contributed by atoms with van der Waals surface area (Å²) >= 11 is 6.74. The fourth-order valence-electron chi connectivity index (χ4n) is 4.70. The van der Waals surface area contributed by atoms with Crippen LogP contribution in [0.3, 0.4) is 0 Å². The van der Waals surface area contributed by atoms with Gasteiger partial charge in [0.25, 0.3) is 5.91 Å². The largest absolute Gasteiger partial charge is 0.390 e. The summed E-state index contributed by atoms with van der Waals surface area (Å²) < 4.78 is 0. The zero-order valence-electron chi connectivity index (χ0n) is 20.9. The SMILES string of the molecule is C=c1[nH]cn/c1=C(/N=CN)NC(C)c1cc(Cl)c2cccnc2c1N1CCN(C(=O)c2ccccn2)CC1. The molecule has 0 saturated carbocycles. The van der Waals surface area contributed by atoms with Crippen molar-refractivity contribution in [3.63, 3.8) is 0 Å². The maximum atomic E-state index is 13.0. The molecule has 0 bridgehead atoms. The maximum absolute atomic E-state index is 13.0. The van der Waals surface area contributed by atoms with Crippen LogP contribution < -0.4 is 26.6 Å². The number of carbonyl (C=O) groups excluding carboxylic acids is 1. The highest BCUT2D eigenvalue weighted by molar-refractivity contribution is 6.36. The monoisotopic (exact) mass is 529 g/mol. The van der Waals surface area contributed by atoms with Crippen LogP contribution in [0.15, 0.2) is 60.1 Å². The molecule has 1 unspecified atom stereocenters. The van der Waals surface area contributed by atoms with Gasteiger partial charge in [-0.05, 0) is 37.3 Å². The fourth-order valence-corrected chi connectivity index (χ4v) is 4.97. The van der Waals surface area contributed by atoms with Crippen LogP contribution in [-0.4, -0.2) is 63.3 Å². The van der Waals surface area contributed by atoms with E-state index < -0.39 is 0 Å². The lowest BCUT2D eigenvalue weighted by atomic mass is 10.0. The molecule has 1 aliphatic rings. The number of nitrogens with two attached hydrogens (primary N) is 1. The number of pyridine rings is 2. The Morgan fingerprint density at radius 3 is 2.66 bits per heavy atom. The van der Waals surface area contributed by atoms with Gasteiger partial charge in [-0.1, -0.05) is 24.2 Å². The number of rotatable bonds is 6. The van der Waals surface area contributed by atoms with Gasteiger partial charge in [-0.2, -0.15) is 0 Å². The Bertz CT molecular complexity index is 1590. The van der Waals surface area contributed by atoms with Crippen LogP contribution in [-0.2, 0) is 0 Å². The lowest BCUT2D eigenvalue weighted by Gasteiger charge is -2.38. The number of aliphatic imine (C=N–C) groups is 1. The number of aromatic nitrogens is 4. The van der Waals surface area contributed by atoms with E-state index in [1.807, 2.05) is 36.1 Å². The first-order valence-corrected chi connectivity index (χ1v) is 12.6. The minimum Gasteiger partial charge on any atom is -0.390 e. The molecule has 5 rings (SSSR count). The molecule has 1 aromatic carbocycles. The van der Waals surface area contributed by atoms with Crippen LogP contribution >= 0.6 is 11.6 Å². The van der Waals surface area contributed by atoms with Gasteiger partial charge in [0.2, 0.25) is 0 Å². The molecule has 194 valence electrons. The van der Waals surface area contributed by atoms with E-state index in [0.717, 1.165) is 22.2 Å². The van der Waals surface area contributed by atoms with Gasteiger partial charge in [-0.15, -0.1) is 0 Å². The molecule has 4 aromatic rings. The number of anilines is 1. The van der Waals surface area contributed by atoms with Crippen molar-refractivity contribution < 1.29 is 4.79 Å². The van der Waals surface area contributed by atoms with E-state index in [9.17, 15) is 4.79 Å². The highest BCUT2D eigenvalue weighted by Crippen LogP contribution is 2.38. The number of nitrogens with zero attached hydrogens (tertiary/aromatic N) is 6. The number of fused-ring (bicyclic) bond motifs is 1. The number of hydrogen-bond acceptors (Lipinski definition) is 7. The third kappa shape index (κ3) is 4.90. The number of imidazole rings is 1. The Hall–Kier alpha value is -4.44. The van der Waals surface area contributed by atoms with Crippen LogP contribution in [0.25, 0.3) is 23.3 Å². The van der Waals surface area contributed by atoms with Crippen molar-refractivity contribution in [3.05, 3.63) is 82.1 Å². The van der Waals surface area contributed by atoms with Crippen molar-refractivity contribution in [1.29, 1.82) is 0 Å². The molecule has 0 spiro atoms. The number of nitrogens with one attached hydrogen (secondary N) is 2. The summed E-state index contributed by atoms with van der Waals surface area (Å²) in [5, 5.41) is 6.09. The smallest absolute Gasteiger partial charge is 0.272 e. The number of hydrogen-bond donors (Lipinski definition) is 3. The minimum absolute atomic E-state index is 0.0681. The fraction of sp³-hybridized carbons (Fsp3) is 0.222. The molecule has 1 amide bonds. The van der Waals surface area contributed by atoms with E-state index in [1.54, 1.807) is 30.9 Å². The first kappa shape index (κ1) is 25.2. The van der Waals surface area contributed by atoms with Gasteiger partial charge in [0.1, 0.15) is 11.0 Å². The van der Waals surface area contributed by atoms with E-state index in [0.29, 0.717) is 53.4 Å². The molecule has 4 heterocycles. The van der Waals surface area contributed by atoms with Gasteiger partial charge < -0.3 is 25.8 Å². The van der Waals surface area contributed by atoms with Crippen molar-refractivity contribution in [1.82, 2.24) is 30.2 Å². The van der Waals surface area contributed by atoms with Crippen molar-refractivity contribution in [2.24, 2.45) is 10.7 Å². The molecule has 1 saturated heterocycles. The van der Waals surface area contributed by atoms with Crippen LogP contribution in [0.5, 0.6) is 0 Å². The number of halogens is 1. The maximum Gasteiger partial charge on any atom is 0.272 e. The third-order valence-corrected chi connectivity index (χ3v) is 6.89. The predicted octanol–water partition coefficient (Wildman–Crippen LogP) is 1.78. The molecule has 11 heteroatoms. The zero-order chi connectivity index (χ0) is 26.6. The van der Waals surface area contributed by atoms with Gasteiger partial charge in [0, 0.05) is 49.5 Å². The van der Waals surface area contributed by atoms with E-state index in [1.165, 1.54) is 6.34 Å². The van der Waals surface area contributed by atoms with Gasteiger partial charge in [0.05, 0.1) is 40.3 Å². The number of piperazine rings is 1. The lowest BCUT2D eigenvalue weighted by Crippen LogP contribution is -2.49. The molecule has 3 aromatic heterocycles. The molecule has 4 N–H and O–H groups in total. The van der Waals surface area contributed by atoms with Crippen molar-refractivity contribution in [2.75, 3.05) is 31.1 Å². The first-order valence-electron chi connectivity index (χ1n) is 12.2. The zero-order valence-corrected chi connectivity index (χ0v) is 21.7. The van der Waals surface area contributed by atoms with Crippen molar-refractivity contribution in [3.8, 4) is 0 Å². The standard InChI is InChI=1S/C27H28ClN9O/c1-17(35-26(32-15-29)23-18(2)33-16-34-23)20-14-21(28)19-6-5-9-31-24(19)25(20)36-10-12-37(13-11-36)27(38)22-7-3-4-8-30-22/h3-9,14-17,35H,2,10-13H2,1H3,(H2,29,32)(H,33,34)/b26-23-. The minimum atomic E-state index is -0.239. The molecule has 1 aliphatic heterocycles. The molecule has 0 aliphatic carbocycles. The van der Waals surface area contributed by atoms with Crippen LogP contribution in [0.2, 0.25) is 5.02 Å². The Kier molecular flexibility index (Phi) is 7.23. The second kappa shape index (κ2) is 10.9. The molecule has 0 radical (unpaired) electrons. The Morgan fingerprint density at radius 2 is 1.97 bits per heavy atom. The second-order valence-corrected chi connectivity index (χ2v) is 9.32. The van der Waals surface area contributed by atoms with E-state index in [-0.39, 0.29) is 11.9 Å². The quantitative estimate of drug-likeness (QED) is 0.256. The van der Waals surface area contributed by atoms with Crippen molar-refractivity contribution >= 4 is 52.8 Å². The summed E-state index contributed by atoms with van der Waals surface area (Å²) in [6.45, 7) is 8.38. The van der Waals surface area contributed by atoms with Gasteiger partial charge in [-0.3, -0.25) is 14.8 Å². The van der Waals surface area contributed by atoms with Gasteiger partial charge in [-0.25, -0.2) is 9.98 Å². The molecular formula is C27H28ClN9O. The Morgan fingerprint density at radius 1 is 1.18 bits per heavy atom. The number of H-pyrrole nitrogens is 1. The summed E-state index contributed by atoms with van der Waals surface area (Å²) in [6.07, 6.45) is 6.18. The summed E-state index contributed by atoms with van der Waals surface area (Å²) in [6, 6.07) is 10.9. The highest BCUT2D eigenvalue weighted by Gasteiger charge is 2.27. The van der Waals surface area contributed by atoms with E-state index in [2.05, 4.69) is 36.7 Å². The average molecular weight is 530 g/mol. The molecule has 38 heavy (non-hydrogen) atoms. The summed E-state index contributed by atoms with van der Waals surface area (Å²) in [7, 11) is 0. The van der Waals surface area contributed by atoms with E-state index in [4.69, 9.17) is 22.3 Å². The third-order valence-electron chi connectivity index (χ3n) is 6.58. The number of amides is 1. The first-order chi connectivity index (χ1) is 18.5. The Labute approximate surface area is 224 Å². The van der Waals surface area contributed by atoms with E-state index >= 15 is 0 Å². The summed E-state index contributed by atoms with van der Waals surface area (Å²) in [4.78, 5) is 37.6. The Balaban J connectivity index is 1.50. The normalized spacial score (nSPS) is 15.6. The summed E-state index contributed by atoms with van der Waals surface area (Å²) in [5.74, 6) is 0.418. The number of carbonyl (C=O) groups is 1. The van der Waals surface area contributed by atoms with Gasteiger partial charge in [0.15, 0.2) is 5.82 Å². The molecule has 1 fully saturated rings. The topological polar surface area (TPSA) is 128 Å².